The van der Waals surface area contributed by atoms with Gasteiger partial charge < -0.3 is 0 Å². The third kappa shape index (κ3) is 4.06. The molecule has 25 heavy (non-hydrogen) atoms. The summed E-state index contributed by atoms with van der Waals surface area (Å²) in [6.07, 6.45) is 1.60. The molecule has 1 aliphatic rings. The lowest BCUT2D eigenvalue weighted by Crippen LogP contribution is -2.44. The van der Waals surface area contributed by atoms with Gasteiger partial charge in [0, 0.05) is 18.7 Å². The van der Waals surface area contributed by atoms with Crippen LogP contribution in [0.2, 0.25) is 0 Å². The summed E-state index contributed by atoms with van der Waals surface area (Å²) in [6.45, 7) is 11.5. The van der Waals surface area contributed by atoms with Crippen LogP contribution in [0.4, 0.5) is 5.82 Å². The topological polar surface area (TPSA) is 63.9 Å². The summed E-state index contributed by atoms with van der Waals surface area (Å²) in [5.41, 5.74) is 0.909. The van der Waals surface area contributed by atoms with Crippen LogP contribution in [0, 0.1) is 25.2 Å². The Morgan fingerprint density at radius 2 is 2.04 bits per heavy atom. The Balaban J connectivity index is 1.87. The molecule has 0 aliphatic carbocycles. The number of carbonyl (C=O) groups excluding carboxylic acids is 1. The summed E-state index contributed by atoms with van der Waals surface area (Å²) >= 11 is 0. The number of nitrogens with zero attached hydrogens (tertiary/aromatic N) is 5. The molecule has 0 spiro atoms. The summed E-state index contributed by atoms with van der Waals surface area (Å²) in [5, 5.41) is 4.42. The van der Waals surface area contributed by atoms with E-state index in [9.17, 15) is 4.79 Å². The van der Waals surface area contributed by atoms with Crippen molar-refractivity contribution in [2.24, 2.45) is 11.3 Å². The first-order valence-corrected chi connectivity index (χ1v) is 8.88. The van der Waals surface area contributed by atoms with Gasteiger partial charge in [0.25, 0.3) is 0 Å². The number of hydrogen-bond acceptors (Lipinski definition) is 4. The fourth-order valence-electron chi connectivity index (χ4n) is 3.28. The minimum absolute atomic E-state index is 0.00917. The number of anilines is 1. The van der Waals surface area contributed by atoms with Crippen molar-refractivity contribution in [3.63, 3.8) is 0 Å². The molecule has 6 nitrogen and oxygen atoms in total. The molecule has 3 rings (SSSR count). The first kappa shape index (κ1) is 17.6. The zero-order chi connectivity index (χ0) is 18.2. The minimum Gasteiger partial charge on any atom is -0.296 e. The van der Waals surface area contributed by atoms with Crippen LogP contribution in [0.25, 0.3) is 0 Å². The number of rotatable bonds is 3. The van der Waals surface area contributed by atoms with Crippen molar-refractivity contribution in [3.05, 3.63) is 35.5 Å². The van der Waals surface area contributed by atoms with Crippen molar-refractivity contribution in [1.29, 1.82) is 0 Å². The quantitative estimate of drug-likeness (QED) is 0.861. The maximum Gasteiger partial charge on any atom is 0.233 e. The Morgan fingerprint density at radius 3 is 2.72 bits per heavy atom. The number of fused-ring (bicyclic) bond motifs is 1. The van der Waals surface area contributed by atoms with Crippen LogP contribution >= 0.6 is 0 Å². The highest BCUT2D eigenvalue weighted by Gasteiger charge is 2.32. The van der Waals surface area contributed by atoms with Crippen molar-refractivity contribution in [2.75, 3.05) is 11.4 Å². The molecule has 6 heteroatoms. The van der Waals surface area contributed by atoms with E-state index in [-0.39, 0.29) is 17.2 Å². The highest BCUT2D eigenvalue weighted by atomic mass is 16.2. The average molecular weight is 341 g/mol. The molecule has 0 fully saturated rings. The molecule has 0 N–H and O–H groups in total. The van der Waals surface area contributed by atoms with Crippen LogP contribution in [0.1, 0.15) is 44.5 Å². The van der Waals surface area contributed by atoms with Gasteiger partial charge >= 0.3 is 0 Å². The summed E-state index contributed by atoms with van der Waals surface area (Å²) in [5.74, 6) is 2.54. The third-order valence-electron chi connectivity index (χ3n) is 4.36. The predicted molar refractivity (Wildman–Crippen MR) is 97.4 cm³/mol. The zero-order valence-corrected chi connectivity index (χ0v) is 15.8. The molecule has 0 bridgehead atoms. The van der Waals surface area contributed by atoms with E-state index in [0.29, 0.717) is 13.1 Å². The molecule has 2 aromatic heterocycles. The summed E-state index contributed by atoms with van der Waals surface area (Å²) in [4.78, 5) is 24.2. The monoisotopic (exact) mass is 341 g/mol. The van der Waals surface area contributed by atoms with Gasteiger partial charge in [-0.1, -0.05) is 26.8 Å². The molecule has 2 aromatic rings. The van der Waals surface area contributed by atoms with Crippen molar-refractivity contribution in [1.82, 2.24) is 19.7 Å². The molecule has 134 valence electrons. The average Bonchev–Trinajstić information content (AvgIpc) is 2.90. The molecular weight excluding hydrogens is 314 g/mol. The molecule has 1 amide bonds. The Labute approximate surface area is 149 Å². The number of hydrogen-bond donors (Lipinski definition) is 0. The molecule has 0 saturated carbocycles. The standard InChI is InChI=1S/C19H27N5O/c1-13-7-6-8-16(20-13)23(12-19(3,4)5)18(25)15-9-10-17-21-14(2)22-24(17)11-15/h6-8,15H,9-12H2,1-5H3. The Morgan fingerprint density at radius 1 is 1.28 bits per heavy atom. The number of pyridine rings is 1. The smallest absolute Gasteiger partial charge is 0.233 e. The van der Waals surface area contributed by atoms with E-state index in [1.165, 1.54) is 0 Å². The first-order chi connectivity index (χ1) is 11.7. The second-order valence-corrected chi connectivity index (χ2v) is 8.12. The fraction of sp³-hybridized carbons (Fsp3) is 0.579. The van der Waals surface area contributed by atoms with Crippen molar-refractivity contribution in [2.45, 2.75) is 54.0 Å². The number of aryl methyl sites for hydroxylation is 3. The second-order valence-electron chi connectivity index (χ2n) is 8.12. The second kappa shape index (κ2) is 6.58. The third-order valence-corrected chi connectivity index (χ3v) is 4.36. The SMILES string of the molecule is Cc1cccc(N(CC(C)(C)C)C(=O)C2CCc3nc(C)nn3C2)n1. The van der Waals surface area contributed by atoms with Crippen molar-refractivity contribution < 1.29 is 4.79 Å². The van der Waals surface area contributed by atoms with E-state index in [0.717, 1.165) is 36.0 Å². The maximum absolute atomic E-state index is 13.3. The summed E-state index contributed by atoms with van der Waals surface area (Å²) < 4.78 is 1.89. The lowest BCUT2D eigenvalue weighted by atomic mass is 9.93. The van der Waals surface area contributed by atoms with Gasteiger partial charge in [0.15, 0.2) is 0 Å². The Kier molecular flexibility index (Phi) is 4.62. The van der Waals surface area contributed by atoms with E-state index in [2.05, 4.69) is 35.8 Å². The van der Waals surface area contributed by atoms with Crippen LogP contribution < -0.4 is 4.90 Å². The summed E-state index contributed by atoms with van der Waals surface area (Å²) in [6, 6.07) is 5.83. The van der Waals surface area contributed by atoms with Crippen LogP contribution in [0.5, 0.6) is 0 Å². The van der Waals surface area contributed by atoms with E-state index >= 15 is 0 Å². The van der Waals surface area contributed by atoms with Gasteiger partial charge in [-0.25, -0.2) is 14.6 Å². The van der Waals surface area contributed by atoms with Gasteiger partial charge in [0.05, 0.1) is 12.5 Å². The minimum atomic E-state index is -0.0849. The highest BCUT2D eigenvalue weighted by molar-refractivity contribution is 5.94. The van der Waals surface area contributed by atoms with Crippen molar-refractivity contribution >= 4 is 11.7 Å². The lowest BCUT2D eigenvalue weighted by molar-refractivity contribution is -0.123. The van der Waals surface area contributed by atoms with Crippen molar-refractivity contribution in [3.8, 4) is 0 Å². The molecule has 0 radical (unpaired) electrons. The van der Waals surface area contributed by atoms with Gasteiger partial charge in [0.1, 0.15) is 17.5 Å². The normalized spacial score (nSPS) is 17.2. The van der Waals surface area contributed by atoms with Crippen LogP contribution in [-0.2, 0) is 17.8 Å². The highest BCUT2D eigenvalue weighted by Crippen LogP contribution is 2.26. The number of carbonyl (C=O) groups is 1. The Bertz CT molecular complexity index is 774. The van der Waals surface area contributed by atoms with Gasteiger partial charge in [0.2, 0.25) is 5.91 Å². The van der Waals surface area contributed by atoms with E-state index in [4.69, 9.17) is 0 Å². The Hall–Kier alpha value is -2.24. The molecule has 3 heterocycles. The largest absolute Gasteiger partial charge is 0.296 e. The van der Waals surface area contributed by atoms with Gasteiger partial charge in [-0.15, -0.1) is 0 Å². The lowest BCUT2D eigenvalue weighted by Gasteiger charge is -2.33. The van der Waals surface area contributed by atoms with Crippen LogP contribution in [0.15, 0.2) is 18.2 Å². The number of amides is 1. The molecular formula is C19H27N5O. The van der Waals surface area contributed by atoms with Gasteiger partial charge in [-0.3, -0.25) is 9.69 Å². The first-order valence-electron chi connectivity index (χ1n) is 8.88. The van der Waals surface area contributed by atoms with Gasteiger partial charge in [-0.05, 0) is 37.8 Å². The molecule has 1 unspecified atom stereocenters. The molecule has 1 aliphatic heterocycles. The van der Waals surface area contributed by atoms with E-state index in [1.54, 1.807) is 0 Å². The molecule has 0 aromatic carbocycles. The predicted octanol–water partition coefficient (Wildman–Crippen LogP) is 2.93. The van der Waals surface area contributed by atoms with Crippen LogP contribution in [0.3, 0.4) is 0 Å². The zero-order valence-electron chi connectivity index (χ0n) is 15.8. The van der Waals surface area contributed by atoms with E-state index < -0.39 is 0 Å². The fourth-order valence-corrected chi connectivity index (χ4v) is 3.28. The van der Waals surface area contributed by atoms with Gasteiger partial charge in [-0.2, -0.15) is 5.10 Å². The van der Waals surface area contributed by atoms with Crippen LogP contribution in [-0.4, -0.2) is 32.2 Å². The molecule has 1 atom stereocenters. The van der Waals surface area contributed by atoms with E-state index in [1.807, 2.05) is 41.6 Å². The maximum atomic E-state index is 13.3. The molecule has 0 saturated heterocycles. The summed E-state index contributed by atoms with van der Waals surface area (Å²) in [7, 11) is 0. The number of aromatic nitrogens is 4.